The van der Waals surface area contributed by atoms with E-state index in [1.54, 1.807) is 12.0 Å². The lowest BCUT2D eigenvalue weighted by Gasteiger charge is -2.35. The van der Waals surface area contributed by atoms with Crippen molar-refractivity contribution in [3.05, 3.63) is 59.7 Å². The molecule has 1 heterocycles. The van der Waals surface area contributed by atoms with Crippen LogP contribution in [0.5, 0.6) is 5.75 Å². The molecule has 0 atom stereocenters. The fourth-order valence-corrected chi connectivity index (χ4v) is 3.36. The van der Waals surface area contributed by atoms with Crippen LogP contribution in [-0.2, 0) is 16.0 Å². The highest BCUT2D eigenvalue weighted by Crippen LogP contribution is 2.18. The van der Waals surface area contributed by atoms with Gasteiger partial charge < -0.3 is 19.9 Å². The Morgan fingerprint density at radius 2 is 1.79 bits per heavy atom. The number of nitrogens with zero attached hydrogens (tertiary/aromatic N) is 2. The van der Waals surface area contributed by atoms with Gasteiger partial charge in [-0.15, -0.1) is 0 Å². The Balaban J connectivity index is 1.44. The normalized spacial score (nSPS) is 13.9. The zero-order chi connectivity index (χ0) is 19.9. The number of amides is 2. The molecule has 6 heteroatoms. The molecule has 0 radical (unpaired) electrons. The molecule has 0 unspecified atom stereocenters. The summed E-state index contributed by atoms with van der Waals surface area (Å²) in [7, 11) is 1.62. The SMILES string of the molecule is COc1cccc(CCNC(=O)C(=O)N2CCN(c3cccc(C)c3)CC2)c1. The van der Waals surface area contributed by atoms with Gasteiger partial charge >= 0.3 is 11.8 Å². The summed E-state index contributed by atoms with van der Waals surface area (Å²) in [6, 6.07) is 16.0. The summed E-state index contributed by atoms with van der Waals surface area (Å²) >= 11 is 0. The van der Waals surface area contributed by atoms with Crippen molar-refractivity contribution in [3.8, 4) is 5.75 Å². The van der Waals surface area contributed by atoms with Crippen LogP contribution in [0.3, 0.4) is 0 Å². The zero-order valence-electron chi connectivity index (χ0n) is 16.5. The van der Waals surface area contributed by atoms with Gasteiger partial charge in [-0.1, -0.05) is 24.3 Å². The van der Waals surface area contributed by atoms with Crippen LogP contribution in [-0.4, -0.2) is 56.5 Å². The molecule has 0 bridgehead atoms. The van der Waals surface area contributed by atoms with E-state index >= 15 is 0 Å². The number of rotatable bonds is 5. The average Bonchev–Trinajstić information content (AvgIpc) is 2.73. The molecular weight excluding hydrogens is 354 g/mol. The van der Waals surface area contributed by atoms with E-state index in [-0.39, 0.29) is 0 Å². The second-order valence-electron chi connectivity index (χ2n) is 6.98. The summed E-state index contributed by atoms with van der Waals surface area (Å²) in [5.41, 5.74) is 3.43. The number of anilines is 1. The van der Waals surface area contributed by atoms with Gasteiger partial charge in [-0.3, -0.25) is 9.59 Å². The largest absolute Gasteiger partial charge is 0.497 e. The monoisotopic (exact) mass is 381 g/mol. The number of hydrogen-bond donors (Lipinski definition) is 1. The third kappa shape index (κ3) is 5.03. The first-order valence-corrected chi connectivity index (χ1v) is 9.58. The fraction of sp³-hybridized carbons (Fsp3) is 0.364. The van der Waals surface area contributed by atoms with Crippen LogP contribution in [0.15, 0.2) is 48.5 Å². The van der Waals surface area contributed by atoms with Gasteiger partial charge in [0.2, 0.25) is 0 Å². The number of benzene rings is 2. The maximum absolute atomic E-state index is 12.4. The molecule has 1 aliphatic rings. The molecule has 148 valence electrons. The maximum atomic E-state index is 12.4. The van der Waals surface area contributed by atoms with E-state index in [1.807, 2.05) is 30.3 Å². The Bertz CT molecular complexity index is 829. The molecular formula is C22H27N3O3. The summed E-state index contributed by atoms with van der Waals surface area (Å²) < 4.78 is 5.19. The molecule has 1 fully saturated rings. The molecule has 0 aromatic heterocycles. The van der Waals surface area contributed by atoms with E-state index < -0.39 is 11.8 Å². The number of carbonyl (C=O) groups is 2. The number of hydrogen-bond acceptors (Lipinski definition) is 4. The third-order valence-electron chi connectivity index (χ3n) is 4.96. The van der Waals surface area contributed by atoms with Gasteiger partial charge in [0.25, 0.3) is 0 Å². The standard InChI is InChI=1S/C22H27N3O3/c1-17-5-3-7-19(15-17)24-11-13-25(14-12-24)22(27)21(26)23-10-9-18-6-4-8-20(16-18)28-2/h3-8,15-16H,9-14H2,1-2H3,(H,23,26). The minimum Gasteiger partial charge on any atom is -0.497 e. The Morgan fingerprint density at radius 1 is 1.04 bits per heavy atom. The van der Waals surface area contributed by atoms with E-state index in [0.717, 1.165) is 30.1 Å². The second-order valence-corrected chi connectivity index (χ2v) is 6.98. The quantitative estimate of drug-likeness (QED) is 0.805. The lowest BCUT2D eigenvalue weighted by molar-refractivity contribution is -0.146. The van der Waals surface area contributed by atoms with Crippen LogP contribution in [0.1, 0.15) is 11.1 Å². The maximum Gasteiger partial charge on any atom is 0.312 e. The highest BCUT2D eigenvalue weighted by atomic mass is 16.5. The fourth-order valence-electron chi connectivity index (χ4n) is 3.36. The van der Waals surface area contributed by atoms with Gasteiger partial charge in [0.05, 0.1) is 7.11 Å². The number of carbonyl (C=O) groups excluding carboxylic acids is 2. The predicted octanol–water partition coefficient (Wildman–Crippen LogP) is 2.01. The average molecular weight is 381 g/mol. The van der Waals surface area contributed by atoms with E-state index in [9.17, 15) is 9.59 Å². The highest BCUT2D eigenvalue weighted by molar-refractivity contribution is 6.35. The van der Waals surface area contributed by atoms with Gasteiger partial charge in [0.1, 0.15) is 5.75 Å². The molecule has 2 aromatic carbocycles. The van der Waals surface area contributed by atoms with Crippen molar-refractivity contribution in [2.24, 2.45) is 0 Å². The van der Waals surface area contributed by atoms with Gasteiger partial charge in [-0.2, -0.15) is 0 Å². The van der Waals surface area contributed by atoms with Crippen molar-refractivity contribution in [3.63, 3.8) is 0 Å². The van der Waals surface area contributed by atoms with Crippen molar-refractivity contribution in [1.82, 2.24) is 10.2 Å². The molecule has 0 aliphatic carbocycles. The molecule has 0 saturated carbocycles. The molecule has 0 spiro atoms. The molecule has 1 saturated heterocycles. The van der Waals surface area contributed by atoms with Crippen molar-refractivity contribution in [1.29, 1.82) is 0 Å². The predicted molar refractivity (Wildman–Crippen MR) is 110 cm³/mol. The molecule has 6 nitrogen and oxygen atoms in total. The number of methoxy groups -OCH3 is 1. The number of piperazine rings is 1. The highest BCUT2D eigenvalue weighted by Gasteiger charge is 2.25. The number of aryl methyl sites for hydroxylation is 1. The van der Waals surface area contributed by atoms with Crippen LogP contribution >= 0.6 is 0 Å². The summed E-state index contributed by atoms with van der Waals surface area (Å²) in [6.45, 7) is 5.05. The van der Waals surface area contributed by atoms with Gasteiger partial charge in [-0.05, 0) is 48.7 Å². The van der Waals surface area contributed by atoms with Crippen LogP contribution in [0.4, 0.5) is 5.69 Å². The van der Waals surface area contributed by atoms with E-state index in [1.165, 1.54) is 5.56 Å². The third-order valence-corrected chi connectivity index (χ3v) is 4.96. The molecule has 2 amide bonds. The Labute approximate surface area is 166 Å². The summed E-state index contributed by atoms with van der Waals surface area (Å²) in [4.78, 5) is 28.5. The van der Waals surface area contributed by atoms with Crippen LogP contribution in [0.2, 0.25) is 0 Å². The summed E-state index contributed by atoms with van der Waals surface area (Å²) in [5, 5.41) is 2.73. The first-order chi connectivity index (χ1) is 13.6. The first kappa shape index (κ1) is 19.7. The van der Waals surface area contributed by atoms with Gasteiger partial charge in [0, 0.05) is 38.4 Å². The van der Waals surface area contributed by atoms with Crippen molar-refractivity contribution >= 4 is 17.5 Å². The number of nitrogens with one attached hydrogen (secondary N) is 1. The van der Waals surface area contributed by atoms with E-state index in [2.05, 4.69) is 35.3 Å². The Hall–Kier alpha value is -3.02. The van der Waals surface area contributed by atoms with Crippen LogP contribution < -0.4 is 15.0 Å². The lowest BCUT2D eigenvalue weighted by Crippen LogP contribution is -2.52. The zero-order valence-corrected chi connectivity index (χ0v) is 16.5. The molecule has 2 aromatic rings. The molecule has 1 aliphatic heterocycles. The Morgan fingerprint density at radius 3 is 2.50 bits per heavy atom. The minimum atomic E-state index is -0.535. The molecule has 3 rings (SSSR count). The smallest absolute Gasteiger partial charge is 0.312 e. The summed E-state index contributed by atoms with van der Waals surface area (Å²) in [6.07, 6.45) is 0.650. The topological polar surface area (TPSA) is 61.9 Å². The van der Waals surface area contributed by atoms with Gasteiger partial charge in [-0.25, -0.2) is 0 Å². The van der Waals surface area contributed by atoms with E-state index in [0.29, 0.717) is 26.1 Å². The first-order valence-electron chi connectivity index (χ1n) is 9.58. The van der Waals surface area contributed by atoms with E-state index in [4.69, 9.17) is 4.74 Å². The molecule has 28 heavy (non-hydrogen) atoms. The molecule has 1 N–H and O–H groups in total. The van der Waals surface area contributed by atoms with Crippen LogP contribution in [0, 0.1) is 6.92 Å². The van der Waals surface area contributed by atoms with Crippen molar-refractivity contribution in [2.75, 3.05) is 44.7 Å². The van der Waals surface area contributed by atoms with Crippen molar-refractivity contribution < 1.29 is 14.3 Å². The summed E-state index contributed by atoms with van der Waals surface area (Å²) in [5.74, 6) is -0.201. The lowest BCUT2D eigenvalue weighted by atomic mass is 10.1. The minimum absolute atomic E-state index is 0.418. The van der Waals surface area contributed by atoms with Crippen molar-refractivity contribution in [2.45, 2.75) is 13.3 Å². The second kappa shape index (κ2) is 9.26. The van der Waals surface area contributed by atoms with Crippen LogP contribution in [0.25, 0.3) is 0 Å². The van der Waals surface area contributed by atoms with Gasteiger partial charge in [0.15, 0.2) is 0 Å². The number of ether oxygens (including phenoxy) is 1. The Kier molecular flexibility index (Phi) is 6.53.